The molecule has 1 aromatic rings. The van der Waals surface area contributed by atoms with Crippen molar-refractivity contribution in [3.8, 4) is 0 Å². The molecule has 0 bridgehead atoms. The molecule has 22 heavy (non-hydrogen) atoms. The highest BCUT2D eigenvalue weighted by Gasteiger charge is 2.25. The molecule has 0 aliphatic carbocycles. The van der Waals surface area contributed by atoms with Gasteiger partial charge in [0.1, 0.15) is 6.04 Å². The van der Waals surface area contributed by atoms with Crippen LogP contribution < -0.4 is 15.5 Å². The second kappa shape index (κ2) is 6.81. The molecule has 2 heterocycles. The fourth-order valence-electron chi connectivity index (χ4n) is 3.21. The lowest BCUT2D eigenvalue weighted by atomic mass is 10.0. The Morgan fingerprint density at radius 2 is 1.91 bits per heavy atom. The third-order valence-electron chi connectivity index (χ3n) is 4.41. The van der Waals surface area contributed by atoms with Crippen molar-refractivity contribution in [1.82, 2.24) is 5.32 Å². The number of amides is 2. The molecule has 3 rings (SSSR count). The first-order valence-corrected chi connectivity index (χ1v) is 8.18. The Kier molecular flexibility index (Phi) is 4.61. The zero-order valence-corrected chi connectivity index (χ0v) is 12.8. The predicted octanol–water partition coefficient (Wildman–Crippen LogP) is 2.28. The molecule has 2 N–H and O–H groups in total. The zero-order chi connectivity index (χ0) is 15.4. The van der Waals surface area contributed by atoms with Gasteiger partial charge in [-0.1, -0.05) is 12.1 Å². The average molecular weight is 301 g/mol. The van der Waals surface area contributed by atoms with Gasteiger partial charge in [0, 0.05) is 19.5 Å². The van der Waals surface area contributed by atoms with Crippen LogP contribution in [-0.4, -0.2) is 30.9 Å². The summed E-state index contributed by atoms with van der Waals surface area (Å²) >= 11 is 0. The number of carbonyl (C=O) groups excluding carboxylic acids is 2. The summed E-state index contributed by atoms with van der Waals surface area (Å²) in [4.78, 5) is 26.2. The summed E-state index contributed by atoms with van der Waals surface area (Å²) in [5.41, 5.74) is 1.92. The van der Waals surface area contributed by atoms with Crippen LogP contribution in [0.15, 0.2) is 24.3 Å². The van der Waals surface area contributed by atoms with Gasteiger partial charge in [0.15, 0.2) is 0 Å². The van der Waals surface area contributed by atoms with Crippen molar-refractivity contribution in [2.45, 2.75) is 44.6 Å². The fraction of sp³-hybridized carbons (Fsp3) is 0.529. The van der Waals surface area contributed by atoms with E-state index in [2.05, 4.69) is 21.6 Å². The summed E-state index contributed by atoms with van der Waals surface area (Å²) in [6, 6.07) is 7.52. The van der Waals surface area contributed by atoms with Crippen LogP contribution in [0.4, 0.5) is 11.4 Å². The number of hydrogen-bond acceptors (Lipinski definition) is 3. The number of nitrogens with one attached hydrogen (secondary N) is 2. The van der Waals surface area contributed by atoms with Gasteiger partial charge >= 0.3 is 0 Å². The van der Waals surface area contributed by atoms with Gasteiger partial charge in [-0.2, -0.15) is 0 Å². The second-order valence-corrected chi connectivity index (χ2v) is 6.07. The Morgan fingerprint density at radius 3 is 2.68 bits per heavy atom. The molecule has 2 aliphatic heterocycles. The highest BCUT2D eigenvalue weighted by molar-refractivity contribution is 6.00. The molecular formula is C17H23N3O2. The molecule has 1 atom stereocenters. The lowest BCUT2D eigenvalue weighted by molar-refractivity contribution is -0.128. The molecule has 0 saturated carbocycles. The van der Waals surface area contributed by atoms with Crippen molar-refractivity contribution in [3.63, 3.8) is 0 Å². The van der Waals surface area contributed by atoms with Crippen molar-refractivity contribution in [2.24, 2.45) is 0 Å². The summed E-state index contributed by atoms with van der Waals surface area (Å²) in [7, 11) is 0. The number of hydrogen-bond donors (Lipinski definition) is 2. The quantitative estimate of drug-likeness (QED) is 0.900. The van der Waals surface area contributed by atoms with Crippen LogP contribution in [0.1, 0.15) is 38.5 Å². The van der Waals surface area contributed by atoms with E-state index in [1.54, 1.807) is 0 Å². The molecular weight excluding hydrogens is 278 g/mol. The molecule has 5 nitrogen and oxygen atoms in total. The Hall–Kier alpha value is -2.04. The predicted molar refractivity (Wildman–Crippen MR) is 86.9 cm³/mol. The third-order valence-corrected chi connectivity index (χ3v) is 4.41. The summed E-state index contributed by atoms with van der Waals surface area (Å²) in [5, 5.41) is 5.77. The highest BCUT2D eigenvalue weighted by Crippen LogP contribution is 2.28. The van der Waals surface area contributed by atoms with E-state index in [0.29, 0.717) is 12.8 Å². The van der Waals surface area contributed by atoms with Crippen LogP contribution in [-0.2, 0) is 9.59 Å². The lowest BCUT2D eigenvalue weighted by Crippen LogP contribution is -2.46. The van der Waals surface area contributed by atoms with Gasteiger partial charge in [0.05, 0.1) is 11.4 Å². The number of carbonyl (C=O) groups is 2. The molecule has 2 saturated heterocycles. The second-order valence-electron chi connectivity index (χ2n) is 6.07. The number of anilines is 2. The molecule has 2 fully saturated rings. The number of benzene rings is 1. The van der Waals surface area contributed by atoms with E-state index in [1.165, 1.54) is 19.3 Å². The molecule has 1 aromatic carbocycles. The standard InChI is InChI=1S/C17H23N3O2/c21-16-10-6-8-14(18-16)17(22)19-13-7-2-3-9-15(13)20-11-4-1-5-12-20/h2-3,7,9,14H,1,4-6,8,10-12H2,(H,18,21)(H,19,22)/t14-/m1/s1. The van der Waals surface area contributed by atoms with Gasteiger partial charge in [0.2, 0.25) is 11.8 Å². The smallest absolute Gasteiger partial charge is 0.247 e. The molecule has 0 radical (unpaired) electrons. The van der Waals surface area contributed by atoms with Gasteiger partial charge in [-0.25, -0.2) is 0 Å². The molecule has 0 spiro atoms. The zero-order valence-electron chi connectivity index (χ0n) is 12.8. The summed E-state index contributed by atoms with van der Waals surface area (Å²) in [6.07, 6.45) is 5.68. The number of rotatable bonds is 3. The van der Waals surface area contributed by atoms with Crippen molar-refractivity contribution in [3.05, 3.63) is 24.3 Å². The van der Waals surface area contributed by atoms with Crippen LogP contribution in [0, 0.1) is 0 Å². The maximum Gasteiger partial charge on any atom is 0.247 e. The number of piperidine rings is 2. The van der Waals surface area contributed by atoms with Gasteiger partial charge in [0.25, 0.3) is 0 Å². The SMILES string of the molecule is O=C1CCC[C@H](C(=O)Nc2ccccc2N2CCCCC2)N1. The first kappa shape index (κ1) is 14.9. The van der Waals surface area contributed by atoms with Gasteiger partial charge in [-0.15, -0.1) is 0 Å². The van der Waals surface area contributed by atoms with Crippen LogP contribution in [0.25, 0.3) is 0 Å². The van der Waals surface area contributed by atoms with Crippen molar-refractivity contribution in [1.29, 1.82) is 0 Å². The first-order chi connectivity index (χ1) is 10.7. The highest BCUT2D eigenvalue weighted by atomic mass is 16.2. The Bertz CT molecular complexity index is 553. The van der Waals surface area contributed by atoms with E-state index in [-0.39, 0.29) is 11.8 Å². The maximum atomic E-state index is 12.4. The third kappa shape index (κ3) is 3.40. The van der Waals surface area contributed by atoms with Crippen LogP contribution in [0.3, 0.4) is 0 Å². The Morgan fingerprint density at radius 1 is 1.14 bits per heavy atom. The molecule has 5 heteroatoms. The average Bonchev–Trinajstić information content (AvgIpc) is 2.56. The fourth-order valence-corrected chi connectivity index (χ4v) is 3.21. The minimum Gasteiger partial charge on any atom is -0.370 e. The molecule has 2 aliphatic rings. The minimum absolute atomic E-state index is 0.0317. The van der Waals surface area contributed by atoms with E-state index in [1.807, 2.05) is 18.2 Å². The summed E-state index contributed by atoms with van der Waals surface area (Å²) in [6.45, 7) is 2.07. The van der Waals surface area contributed by atoms with E-state index < -0.39 is 6.04 Å². The molecule has 0 unspecified atom stereocenters. The van der Waals surface area contributed by atoms with Crippen LogP contribution >= 0.6 is 0 Å². The van der Waals surface area contributed by atoms with E-state index in [9.17, 15) is 9.59 Å². The van der Waals surface area contributed by atoms with E-state index >= 15 is 0 Å². The van der Waals surface area contributed by atoms with Crippen molar-refractivity contribution in [2.75, 3.05) is 23.3 Å². The lowest BCUT2D eigenvalue weighted by Gasteiger charge is -2.31. The van der Waals surface area contributed by atoms with Gasteiger partial charge in [-0.3, -0.25) is 9.59 Å². The summed E-state index contributed by atoms with van der Waals surface area (Å²) in [5.74, 6) is -0.145. The van der Waals surface area contributed by atoms with Gasteiger partial charge < -0.3 is 15.5 Å². The number of nitrogens with zero attached hydrogens (tertiary/aromatic N) is 1. The molecule has 2 amide bonds. The van der Waals surface area contributed by atoms with Crippen molar-refractivity contribution < 1.29 is 9.59 Å². The van der Waals surface area contributed by atoms with E-state index in [0.717, 1.165) is 30.9 Å². The Balaban J connectivity index is 1.71. The Labute approximate surface area is 131 Å². The largest absolute Gasteiger partial charge is 0.370 e. The number of para-hydroxylation sites is 2. The first-order valence-electron chi connectivity index (χ1n) is 8.18. The normalized spacial score (nSPS) is 22.1. The van der Waals surface area contributed by atoms with Crippen LogP contribution in [0.2, 0.25) is 0 Å². The molecule has 118 valence electrons. The minimum atomic E-state index is -0.407. The maximum absolute atomic E-state index is 12.4. The monoisotopic (exact) mass is 301 g/mol. The van der Waals surface area contributed by atoms with E-state index in [4.69, 9.17) is 0 Å². The molecule has 0 aromatic heterocycles. The van der Waals surface area contributed by atoms with Crippen LogP contribution in [0.5, 0.6) is 0 Å². The topological polar surface area (TPSA) is 61.4 Å². The summed E-state index contributed by atoms with van der Waals surface area (Å²) < 4.78 is 0. The van der Waals surface area contributed by atoms with Crippen molar-refractivity contribution >= 4 is 23.2 Å². The van der Waals surface area contributed by atoms with Gasteiger partial charge in [-0.05, 0) is 44.2 Å².